The number of nitrogens with one attached hydrogen (secondary N) is 1. The standard InChI is InChI=1S/C18H21N3O7S/c1-5-7-28-17(25)11-9(3)13(18(26)27-6-2)29-15(11)20-14(22)12-10(16(23)24)8-19-21(12)4/h8H,5-7H2,1-4H3,(H,20,22)(H,23,24). The van der Waals surface area contributed by atoms with Gasteiger partial charge in [-0.2, -0.15) is 5.10 Å². The number of aromatic carboxylic acids is 1. The predicted octanol–water partition coefficient (Wildman–Crippen LogP) is 2.48. The van der Waals surface area contributed by atoms with Crippen LogP contribution in [0.15, 0.2) is 6.20 Å². The number of carboxylic acids is 1. The lowest BCUT2D eigenvalue weighted by Gasteiger charge is -2.08. The smallest absolute Gasteiger partial charge is 0.348 e. The third-order valence-electron chi connectivity index (χ3n) is 3.86. The molecule has 0 bridgehead atoms. The molecule has 2 rings (SSSR count). The highest BCUT2D eigenvalue weighted by molar-refractivity contribution is 7.18. The van der Waals surface area contributed by atoms with E-state index in [0.29, 0.717) is 12.0 Å². The molecule has 156 valence electrons. The van der Waals surface area contributed by atoms with Gasteiger partial charge in [-0.15, -0.1) is 11.3 Å². The van der Waals surface area contributed by atoms with E-state index in [1.165, 1.54) is 7.05 Å². The van der Waals surface area contributed by atoms with Crippen LogP contribution in [0, 0.1) is 6.92 Å². The Morgan fingerprint density at radius 3 is 2.48 bits per heavy atom. The molecule has 2 aromatic heterocycles. The molecular weight excluding hydrogens is 402 g/mol. The van der Waals surface area contributed by atoms with Crippen LogP contribution in [0.2, 0.25) is 0 Å². The second-order valence-electron chi connectivity index (χ2n) is 5.91. The van der Waals surface area contributed by atoms with E-state index in [1.54, 1.807) is 13.8 Å². The Hall–Kier alpha value is -3.21. The Morgan fingerprint density at radius 1 is 1.21 bits per heavy atom. The normalized spacial score (nSPS) is 10.5. The number of anilines is 1. The maximum absolute atomic E-state index is 12.7. The van der Waals surface area contributed by atoms with Gasteiger partial charge >= 0.3 is 17.9 Å². The number of esters is 2. The molecule has 0 aliphatic rings. The first-order valence-electron chi connectivity index (χ1n) is 8.77. The average Bonchev–Trinajstić information content (AvgIpc) is 3.20. The summed E-state index contributed by atoms with van der Waals surface area (Å²) in [5.41, 5.74) is -0.152. The number of amides is 1. The lowest BCUT2D eigenvalue weighted by Crippen LogP contribution is -2.20. The van der Waals surface area contributed by atoms with Crippen LogP contribution in [-0.2, 0) is 16.5 Å². The average molecular weight is 423 g/mol. The highest BCUT2D eigenvalue weighted by Crippen LogP contribution is 2.34. The summed E-state index contributed by atoms with van der Waals surface area (Å²) >= 11 is 0.857. The van der Waals surface area contributed by atoms with Gasteiger partial charge in [0, 0.05) is 7.05 Å². The van der Waals surface area contributed by atoms with E-state index in [2.05, 4.69) is 10.4 Å². The third kappa shape index (κ3) is 4.62. The Bertz CT molecular complexity index is 961. The van der Waals surface area contributed by atoms with Crippen molar-refractivity contribution < 1.29 is 33.8 Å². The molecule has 0 radical (unpaired) electrons. The van der Waals surface area contributed by atoms with Gasteiger partial charge in [0.2, 0.25) is 0 Å². The predicted molar refractivity (Wildman–Crippen MR) is 104 cm³/mol. The molecule has 0 atom stereocenters. The first-order valence-corrected chi connectivity index (χ1v) is 9.58. The fourth-order valence-corrected chi connectivity index (χ4v) is 3.61. The van der Waals surface area contributed by atoms with Crippen molar-refractivity contribution in [1.29, 1.82) is 0 Å². The highest BCUT2D eigenvalue weighted by Gasteiger charge is 2.29. The first kappa shape index (κ1) is 22.1. The monoisotopic (exact) mass is 423 g/mol. The van der Waals surface area contributed by atoms with Gasteiger partial charge in [-0.05, 0) is 25.8 Å². The van der Waals surface area contributed by atoms with Crippen LogP contribution in [0.4, 0.5) is 5.00 Å². The number of aryl methyl sites for hydroxylation is 1. The van der Waals surface area contributed by atoms with Crippen LogP contribution in [-0.4, -0.2) is 51.9 Å². The number of aromatic nitrogens is 2. The maximum atomic E-state index is 12.7. The van der Waals surface area contributed by atoms with E-state index in [0.717, 1.165) is 22.2 Å². The van der Waals surface area contributed by atoms with Crippen LogP contribution < -0.4 is 5.32 Å². The molecule has 0 aliphatic carbocycles. The molecule has 2 N–H and O–H groups in total. The summed E-state index contributed by atoms with van der Waals surface area (Å²) in [5.74, 6) is -3.44. The van der Waals surface area contributed by atoms with Crippen molar-refractivity contribution in [3.63, 3.8) is 0 Å². The summed E-state index contributed by atoms with van der Waals surface area (Å²) in [6.45, 7) is 5.34. The molecule has 0 aliphatic heterocycles. The second kappa shape index (κ2) is 9.32. The summed E-state index contributed by atoms with van der Waals surface area (Å²) in [7, 11) is 1.42. The minimum atomic E-state index is -1.32. The molecule has 2 aromatic rings. The van der Waals surface area contributed by atoms with E-state index >= 15 is 0 Å². The molecule has 0 saturated heterocycles. The maximum Gasteiger partial charge on any atom is 0.348 e. The summed E-state index contributed by atoms with van der Waals surface area (Å²) in [6, 6.07) is 0. The number of ether oxygens (including phenoxy) is 2. The highest BCUT2D eigenvalue weighted by atomic mass is 32.1. The molecule has 0 spiro atoms. The number of hydrogen-bond acceptors (Lipinski definition) is 8. The molecule has 1 amide bonds. The van der Waals surface area contributed by atoms with Gasteiger partial charge in [0.25, 0.3) is 5.91 Å². The van der Waals surface area contributed by atoms with Gasteiger partial charge in [-0.25, -0.2) is 14.4 Å². The SMILES string of the molecule is CCCOC(=O)c1c(NC(=O)c2c(C(=O)O)cnn2C)sc(C(=O)OCC)c1C. The van der Waals surface area contributed by atoms with Crippen molar-refractivity contribution >= 4 is 40.2 Å². The number of nitrogens with zero attached hydrogens (tertiary/aromatic N) is 2. The summed E-state index contributed by atoms with van der Waals surface area (Å²) in [4.78, 5) is 48.9. The van der Waals surface area contributed by atoms with E-state index in [1.807, 2.05) is 6.92 Å². The molecule has 0 aromatic carbocycles. The van der Waals surface area contributed by atoms with Crippen molar-refractivity contribution in [3.8, 4) is 0 Å². The second-order valence-corrected chi connectivity index (χ2v) is 6.93. The summed E-state index contributed by atoms with van der Waals surface area (Å²) in [5, 5.41) is 15.6. The van der Waals surface area contributed by atoms with Gasteiger partial charge in [0.05, 0.1) is 25.0 Å². The topological polar surface area (TPSA) is 137 Å². The minimum absolute atomic E-state index is 0.0268. The Kier molecular flexibility index (Phi) is 7.10. The molecule has 0 saturated carbocycles. The van der Waals surface area contributed by atoms with E-state index in [4.69, 9.17) is 9.47 Å². The van der Waals surface area contributed by atoms with E-state index < -0.39 is 23.8 Å². The van der Waals surface area contributed by atoms with Crippen molar-refractivity contribution in [2.45, 2.75) is 27.2 Å². The zero-order valence-electron chi connectivity index (χ0n) is 16.4. The van der Waals surface area contributed by atoms with Gasteiger partial charge < -0.3 is 19.9 Å². The molecular formula is C18H21N3O7S. The lowest BCUT2D eigenvalue weighted by molar-refractivity contribution is 0.0505. The summed E-state index contributed by atoms with van der Waals surface area (Å²) < 4.78 is 11.3. The zero-order chi connectivity index (χ0) is 21.7. The van der Waals surface area contributed by atoms with Gasteiger partial charge in [-0.1, -0.05) is 6.92 Å². The van der Waals surface area contributed by atoms with Crippen LogP contribution in [0.5, 0.6) is 0 Å². The van der Waals surface area contributed by atoms with Gasteiger partial charge in [-0.3, -0.25) is 9.48 Å². The summed E-state index contributed by atoms with van der Waals surface area (Å²) in [6.07, 6.45) is 1.65. The fourth-order valence-electron chi connectivity index (χ4n) is 2.53. The molecule has 0 fully saturated rings. The molecule has 0 unspecified atom stereocenters. The molecule has 11 heteroatoms. The van der Waals surface area contributed by atoms with E-state index in [-0.39, 0.29) is 39.9 Å². The van der Waals surface area contributed by atoms with Crippen molar-refractivity contribution in [1.82, 2.24) is 9.78 Å². The van der Waals surface area contributed by atoms with Crippen LogP contribution >= 0.6 is 11.3 Å². The number of rotatable bonds is 8. The largest absolute Gasteiger partial charge is 0.478 e. The van der Waals surface area contributed by atoms with Crippen LogP contribution in [0.25, 0.3) is 0 Å². The lowest BCUT2D eigenvalue weighted by atomic mass is 10.1. The fraction of sp³-hybridized carbons (Fsp3) is 0.389. The van der Waals surface area contributed by atoms with Gasteiger partial charge in [0.1, 0.15) is 21.1 Å². The number of carboxylic acid groups (broad SMARTS) is 1. The minimum Gasteiger partial charge on any atom is -0.478 e. The van der Waals surface area contributed by atoms with Crippen molar-refractivity contribution in [2.75, 3.05) is 18.5 Å². The first-order chi connectivity index (χ1) is 13.7. The quantitative estimate of drug-likeness (QED) is 0.618. The van der Waals surface area contributed by atoms with Crippen molar-refractivity contribution in [3.05, 3.63) is 33.5 Å². The van der Waals surface area contributed by atoms with E-state index in [9.17, 15) is 24.3 Å². The van der Waals surface area contributed by atoms with Gasteiger partial charge in [0.15, 0.2) is 0 Å². The Morgan fingerprint density at radius 2 is 1.90 bits per heavy atom. The number of carbonyl (C=O) groups excluding carboxylic acids is 3. The zero-order valence-corrected chi connectivity index (χ0v) is 17.2. The third-order valence-corrected chi connectivity index (χ3v) is 5.05. The Balaban J connectivity index is 2.48. The van der Waals surface area contributed by atoms with Crippen LogP contribution in [0.3, 0.4) is 0 Å². The molecule has 29 heavy (non-hydrogen) atoms. The Labute approximate surface area is 170 Å². The van der Waals surface area contributed by atoms with Crippen molar-refractivity contribution in [2.24, 2.45) is 7.05 Å². The number of thiophene rings is 1. The van der Waals surface area contributed by atoms with Crippen LogP contribution in [0.1, 0.15) is 66.7 Å². The molecule has 10 nitrogen and oxygen atoms in total. The number of carbonyl (C=O) groups is 4. The molecule has 2 heterocycles. The number of hydrogen-bond donors (Lipinski definition) is 2.